The van der Waals surface area contributed by atoms with Crippen molar-refractivity contribution in [3.05, 3.63) is 12.2 Å². The fourth-order valence-corrected chi connectivity index (χ4v) is 2.65. The summed E-state index contributed by atoms with van der Waals surface area (Å²) in [6.07, 6.45) is 8.39. The van der Waals surface area contributed by atoms with Gasteiger partial charge in [0, 0.05) is 25.8 Å². The maximum Gasteiger partial charge on any atom is 0.303 e. The summed E-state index contributed by atoms with van der Waals surface area (Å²) in [5.41, 5.74) is 0. The Morgan fingerprint density at radius 2 is 2.13 bits per heavy atom. The zero-order valence-electron chi connectivity index (χ0n) is 13.8. The van der Waals surface area contributed by atoms with Crippen molar-refractivity contribution in [3.63, 3.8) is 0 Å². The number of hydrogen-bond donors (Lipinski definition) is 2. The van der Waals surface area contributed by atoms with Gasteiger partial charge in [-0.1, -0.05) is 31.8 Å². The summed E-state index contributed by atoms with van der Waals surface area (Å²) in [5, 5.41) is 18.3. The first kappa shape index (κ1) is 19.2. The highest BCUT2D eigenvalue weighted by molar-refractivity contribution is 5.79. The average molecular weight is 321 g/mol. The third-order valence-electron chi connectivity index (χ3n) is 3.86. The van der Waals surface area contributed by atoms with E-state index in [1.807, 2.05) is 17.9 Å². The molecule has 1 saturated heterocycles. The number of carboxylic acid groups (broad SMARTS) is 1. The van der Waals surface area contributed by atoms with Crippen LogP contribution in [0.25, 0.3) is 0 Å². The number of aliphatic hydroxyl groups excluding tert-OH is 1. The van der Waals surface area contributed by atoms with Crippen LogP contribution >= 0.6 is 0 Å². The van der Waals surface area contributed by atoms with Crippen LogP contribution in [0.5, 0.6) is 0 Å². The maximum atomic E-state index is 11.9. The van der Waals surface area contributed by atoms with E-state index >= 15 is 0 Å². The minimum absolute atomic E-state index is 0.0413. The summed E-state index contributed by atoms with van der Waals surface area (Å²) < 4.78 is 0. The quantitative estimate of drug-likeness (QED) is 0.388. The Bertz CT molecular complexity index is 475. The van der Waals surface area contributed by atoms with Crippen molar-refractivity contribution in [1.29, 1.82) is 0 Å². The summed E-state index contributed by atoms with van der Waals surface area (Å²) in [7, 11) is 0. The van der Waals surface area contributed by atoms with Gasteiger partial charge in [-0.05, 0) is 25.3 Å². The molecule has 0 bridgehead atoms. The van der Waals surface area contributed by atoms with E-state index in [-0.39, 0.29) is 18.4 Å². The lowest BCUT2D eigenvalue weighted by Crippen LogP contribution is -2.32. The van der Waals surface area contributed by atoms with E-state index < -0.39 is 12.1 Å². The number of carbonyl (C=O) groups excluding carboxylic acids is 1. The lowest BCUT2D eigenvalue weighted by atomic mass is 10.1. The second-order valence-electron chi connectivity index (χ2n) is 5.76. The van der Waals surface area contributed by atoms with Gasteiger partial charge in [0.05, 0.1) is 6.04 Å². The van der Waals surface area contributed by atoms with Gasteiger partial charge in [-0.25, -0.2) is 0 Å². The Kier molecular flexibility index (Phi) is 9.08. The molecule has 5 heteroatoms. The molecule has 0 aromatic carbocycles. The molecule has 5 nitrogen and oxygen atoms in total. The van der Waals surface area contributed by atoms with Crippen molar-refractivity contribution in [2.45, 2.75) is 70.4 Å². The summed E-state index contributed by atoms with van der Waals surface area (Å²) in [6, 6.07) is 0.0413. The second kappa shape index (κ2) is 10.8. The van der Waals surface area contributed by atoms with Crippen molar-refractivity contribution in [2.24, 2.45) is 0 Å². The summed E-state index contributed by atoms with van der Waals surface area (Å²) in [4.78, 5) is 24.2. The van der Waals surface area contributed by atoms with Crippen molar-refractivity contribution in [3.8, 4) is 11.8 Å². The molecule has 2 unspecified atom stereocenters. The first-order chi connectivity index (χ1) is 11.0. The minimum atomic E-state index is -0.775. The average Bonchev–Trinajstić information content (AvgIpc) is 2.86. The maximum absolute atomic E-state index is 11.9. The molecule has 0 aromatic rings. The summed E-state index contributed by atoms with van der Waals surface area (Å²) in [5.74, 6) is 4.95. The Morgan fingerprint density at radius 3 is 2.83 bits per heavy atom. The number of likely N-dealkylation sites (tertiary alicyclic amines) is 1. The first-order valence-electron chi connectivity index (χ1n) is 8.40. The third-order valence-corrected chi connectivity index (χ3v) is 3.86. The van der Waals surface area contributed by atoms with Crippen LogP contribution < -0.4 is 0 Å². The fourth-order valence-electron chi connectivity index (χ4n) is 2.65. The van der Waals surface area contributed by atoms with E-state index in [0.29, 0.717) is 25.8 Å². The van der Waals surface area contributed by atoms with Gasteiger partial charge in [-0.3, -0.25) is 9.59 Å². The molecule has 128 valence electrons. The lowest BCUT2D eigenvalue weighted by Gasteiger charge is -2.22. The fraction of sp³-hybridized carbons (Fsp3) is 0.667. The van der Waals surface area contributed by atoms with E-state index in [1.165, 1.54) is 0 Å². The van der Waals surface area contributed by atoms with Crippen LogP contribution in [0.2, 0.25) is 0 Å². The van der Waals surface area contributed by atoms with E-state index in [4.69, 9.17) is 5.11 Å². The number of unbranched alkanes of at least 4 members (excludes halogenated alkanes) is 3. The van der Waals surface area contributed by atoms with Crippen molar-refractivity contribution >= 4 is 11.9 Å². The standard InChI is InChI=1S/C18H27NO4/c1-2-3-8-16(20)12-10-15-11-13-17(21)19(15)14-7-5-4-6-9-18(22)23/h10,12,15-16,20H,2,4-7,9,11,13-14H2,1H3,(H,22,23). The number of rotatable bonds is 9. The molecule has 0 radical (unpaired) electrons. The summed E-state index contributed by atoms with van der Waals surface area (Å²) >= 11 is 0. The molecule has 1 fully saturated rings. The molecule has 1 amide bonds. The van der Waals surface area contributed by atoms with E-state index in [0.717, 1.165) is 25.7 Å². The largest absolute Gasteiger partial charge is 0.481 e. The van der Waals surface area contributed by atoms with Crippen LogP contribution in [0.15, 0.2) is 12.2 Å². The smallest absolute Gasteiger partial charge is 0.303 e. The number of nitrogens with zero attached hydrogens (tertiary/aromatic N) is 1. The van der Waals surface area contributed by atoms with Crippen molar-refractivity contribution in [1.82, 2.24) is 4.90 Å². The van der Waals surface area contributed by atoms with Gasteiger partial charge in [0.1, 0.15) is 6.10 Å². The Labute approximate surface area is 138 Å². The molecular weight excluding hydrogens is 294 g/mol. The first-order valence-corrected chi connectivity index (χ1v) is 8.40. The highest BCUT2D eigenvalue weighted by Crippen LogP contribution is 2.21. The molecule has 0 spiro atoms. The Hall–Kier alpha value is -1.80. The Balaban J connectivity index is 2.35. The van der Waals surface area contributed by atoms with Crippen LogP contribution in [0, 0.1) is 11.8 Å². The predicted octanol–water partition coefficient (Wildman–Crippen LogP) is 2.34. The molecule has 2 atom stereocenters. The number of amides is 1. The van der Waals surface area contributed by atoms with Gasteiger partial charge in [-0.15, -0.1) is 5.92 Å². The normalized spacial score (nSPS) is 19.0. The van der Waals surface area contributed by atoms with Gasteiger partial charge >= 0.3 is 5.97 Å². The van der Waals surface area contributed by atoms with Crippen LogP contribution in [-0.4, -0.2) is 45.7 Å². The van der Waals surface area contributed by atoms with Crippen LogP contribution in [0.4, 0.5) is 0 Å². The number of carbonyl (C=O) groups is 2. The van der Waals surface area contributed by atoms with Gasteiger partial charge in [0.2, 0.25) is 5.91 Å². The molecule has 1 rings (SSSR count). The van der Waals surface area contributed by atoms with Gasteiger partial charge < -0.3 is 15.1 Å². The number of hydrogen-bond acceptors (Lipinski definition) is 3. The van der Waals surface area contributed by atoms with E-state index in [1.54, 1.807) is 6.08 Å². The van der Waals surface area contributed by atoms with Crippen LogP contribution in [0.1, 0.15) is 58.3 Å². The zero-order valence-corrected chi connectivity index (χ0v) is 13.8. The minimum Gasteiger partial charge on any atom is -0.481 e. The molecule has 0 aromatic heterocycles. The highest BCUT2D eigenvalue weighted by Gasteiger charge is 2.28. The van der Waals surface area contributed by atoms with E-state index in [2.05, 4.69) is 11.8 Å². The SMILES string of the molecule is CCC#CC(O)C=CC1CCC(=O)N1CCCCCCC(=O)O. The van der Waals surface area contributed by atoms with Crippen molar-refractivity contribution in [2.75, 3.05) is 6.54 Å². The lowest BCUT2D eigenvalue weighted by molar-refractivity contribution is -0.137. The number of carboxylic acids is 1. The van der Waals surface area contributed by atoms with Gasteiger partial charge in [0.15, 0.2) is 0 Å². The topological polar surface area (TPSA) is 77.8 Å². The molecule has 1 aliphatic heterocycles. The molecule has 0 saturated carbocycles. The summed E-state index contributed by atoms with van der Waals surface area (Å²) in [6.45, 7) is 2.62. The molecule has 1 aliphatic rings. The Morgan fingerprint density at radius 1 is 1.39 bits per heavy atom. The van der Waals surface area contributed by atoms with Gasteiger partial charge in [-0.2, -0.15) is 0 Å². The molecular formula is C18H27NO4. The zero-order chi connectivity index (χ0) is 17.1. The second-order valence-corrected chi connectivity index (χ2v) is 5.76. The monoisotopic (exact) mass is 321 g/mol. The van der Waals surface area contributed by atoms with Crippen LogP contribution in [-0.2, 0) is 9.59 Å². The van der Waals surface area contributed by atoms with Crippen molar-refractivity contribution < 1.29 is 19.8 Å². The molecule has 2 N–H and O–H groups in total. The number of aliphatic hydroxyl groups is 1. The van der Waals surface area contributed by atoms with Crippen LogP contribution in [0.3, 0.4) is 0 Å². The molecule has 1 heterocycles. The predicted molar refractivity (Wildman–Crippen MR) is 88.7 cm³/mol. The highest BCUT2D eigenvalue weighted by atomic mass is 16.4. The third kappa shape index (κ3) is 7.85. The molecule has 0 aliphatic carbocycles. The number of aliphatic carboxylic acids is 1. The molecule has 23 heavy (non-hydrogen) atoms. The van der Waals surface area contributed by atoms with E-state index in [9.17, 15) is 14.7 Å². The van der Waals surface area contributed by atoms with Gasteiger partial charge in [0.25, 0.3) is 0 Å².